The van der Waals surface area contributed by atoms with Gasteiger partial charge in [-0.15, -0.1) is 0 Å². The van der Waals surface area contributed by atoms with Gasteiger partial charge in [0.15, 0.2) is 0 Å². The summed E-state index contributed by atoms with van der Waals surface area (Å²) in [7, 11) is 1.79. The van der Waals surface area contributed by atoms with Crippen molar-refractivity contribution in [2.75, 3.05) is 0 Å². The number of nitrogens with zero attached hydrogens (tertiary/aromatic N) is 4. The summed E-state index contributed by atoms with van der Waals surface area (Å²) in [6.07, 6.45) is 2.44. The quantitative estimate of drug-likeness (QED) is 0.566. The molecule has 0 amide bonds. The van der Waals surface area contributed by atoms with E-state index in [4.69, 9.17) is 5.10 Å². The van der Waals surface area contributed by atoms with Gasteiger partial charge in [0, 0.05) is 36.0 Å². The lowest BCUT2D eigenvalue weighted by Gasteiger charge is -2.05. The van der Waals surface area contributed by atoms with E-state index in [1.807, 2.05) is 41.8 Å². The van der Waals surface area contributed by atoms with Gasteiger partial charge >= 0.3 is 0 Å². The largest absolute Gasteiger partial charge is 0.296 e. The fourth-order valence-corrected chi connectivity index (χ4v) is 3.48. The van der Waals surface area contributed by atoms with Gasteiger partial charge in [0.25, 0.3) is 5.56 Å². The molecule has 3 aromatic heterocycles. The van der Waals surface area contributed by atoms with Crippen LogP contribution in [0.1, 0.15) is 30.1 Å². The minimum Gasteiger partial charge on any atom is -0.296 e. The molecule has 124 valence electrons. The number of benzene rings is 1. The molecule has 3 heterocycles. The van der Waals surface area contributed by atoms with Gasteiger partial charge in [-0.3, -0.25) is 14.3 Å². The Hall–Kier alpha value is -2.95. The van der Waals surface area contributed by atoms with Crippen LogP contribution < -0.4 is 5.56 Å². The lowest BCUT2D eigenvalue weighted by atomic mass is 10.1. The number of aryl methyl sites for hydroxylation is 2. The van der Waals surface area contributed by atoms with Crippen molar-refractivity contribution in [1.82, 2.24) is 19.2 Å². The van der Waals surface area contributed by atoms with Crippen LogP contribution in [0.3, 0.4) is 0 Å². The second-order valence-corrected chi connectivity index (χ2v) is 6.88. The zero-order valence-corrected chi connectivity index (χ0v) is 14.2. The van der Waals surface area contributed by atoms with Crippen LogP contribution in [0.15, 0.2) is 47.3 Å². The number of pyridine rings is 1. The normalized spacial score (nSPS) is 14.5. The molecule has 0 radical (unpaired) electrons. The van der Waals surface area contributed by atoms with E-state index in [0.29, 0.717) is 11.3 Å². The first-order valence-corrected chi connectivity index (χ1v) is 8.58. The van der Waals surface area contributed by atoms with Crippen molar-refractivity contribution < 1.29 is 0 Å². The van der Waals surface area contributed by atoms with E-state index < -0.39 is 0 Å². The highest BCUT2D eigenvalue weighted by Crippen LogP contribution is 2.40. The van der Waals surface area contributed by atoms with E-state index in [9.17, 15) is 4.79 Å². The van der Waals surface area contributed by atoms with Gasteiger partial charge in [-0.25, -0.2) is 4.52 Å². The molecule has 1 saturated carbocycles. The summed E-state index contributed by atoms with van der Waals surface area (Å²) in [6.45, 7) is 2.02. The molecule has 0 N–H and O–H groups in total. The Morgan fingerprint density at radius 3 is 2.72 bits per heavy atom. The summed E-state index contributed by atoms with van der Waals surface area (Å²) in [5.41, 5.74) is 5.73. The Morgan fingerprint density at radius 1 is 1.12 bits per heavy atom. The first-order chi connectivity index (χ1) is 12.1. The molecular weight excluding hydrogens is 312 g/mol. The first kappa shape index (κ1) is 14.4. The average Bonchev–Trinajstić information content (AvgIpc) is 3.37. The van der Waals surface area contributed by atoms with E-state index in [1.54, 1.807) is 11.6 Å². The molecule has 0 aliphatic heterocycles. The van der Waals surface area contributed by atoms with Gasteiger partial charge in [0.2, 0.25) is 0 Å². The lowest BCUT2D eigenvalue weighted by molar-refractivity contribution is 0.850. The molecule has 5 heteroatoms. The molecule has 0 spiro atoms. The first-order valence-electron chi connectivity index (χ1n) is 8.58. The van der Waals surface area contributed by atoms with Crippen molar-refractivity contribution in [3.8, 4) is 11.3 Å². The molecule has 4 aromatic rings. The van der Waals surface area contributed by atoms with Gasteiger partial charge in [0.05, 0.1) is 16.6 Å². The maximum Gasteiger partial charge on any atom is 0.261 e. The monoisotopic (exact) mass is 330 g/mol. The number of para-hydroxylation sites is 1. The second-order valence-electron chi connectivity index (χ2n) is 6.88. The van der Waals surface area contributed by atoms with Crippen LogP contribution in [-0.4, -0.2) is 19.2 Å². The molecule has 1 aliphatic rings. The van der Waals surface area contributed by atoms with Crippen LogP contribution in [0.4, 0.5) is 0 Å². The molecule has 5 nitrogen and oxygen atoms in total. The predicted molar refractivity (Wildman–Crippen MR) is 97.9 cm³/mol. The van der Waals surface area contributed by atoms with Crippen LogP contribution in [0.25, 0.3) is 27.8 Å². The van der Waals surface area contributed by atoms with Gasteiger partial charge in [-0.05, 0) is 44.0 Å². The van der Waals surface area contributed by atoms with E-state index in [0.717, 1.165) is 33.8 Å². The molecule has 0 bridgehead atoms. The molecule has 1 aliphatic carbocycles. The molecule has 0 saturated heterocycles. The number of aromatic nitrogens is 4. The Kier molecular flexibility index (Phi) is 2.89. The van der Waals surface area contributed by atoms with Crippen LogP contribution in [0, 0.1) is 6.92 Å². The molecule has 1 aromatic carbocycles. The Balaban J connectivity index is 1.80. The van der Waals surface area contributed by atoms with Gasteiger partial charge in [0.1, 0.15) is 5.65 Å². The summed E-state index contributed by atoms with van der Waals surface area (Å²) in [5, 5.41) is 5.48. The summed E-state index contributed by atoms with van der Waals surface area (Å²) in [4.78, 5) is 17.3. The zero-order chi connectivity index (χ0) is 17.1. The van der Waals surface area contributed by atoms with Gasteiger partial charge < -0.3 is 0 Å². The molecule has 1 fully saturated rings. The minimum atomic E-state index is -0.000807. The minimum absolute atomic E-state index is 0.000807. The molecule has 0 unspecified atom stereocenters. The summed E-state index contributed by atoms with van der Waals surface area (Å²) >= 11 is 0. The fraction of sp³-hybridized carbons (Fsp3) is 0.250. The third-order valence-electron chi connectivity index (χ3n) is 4.97. The fourth-order valence-electron chi connectivity index (χ4n) is 3.48. The van der Waals surface area contributed by atoms with Crippen LogP contribution in [-0.2, 0) is 7.05 Å². The maximum absolute atomic E-state index is 12.6. The van der Waals surface area contributed by atoms with Crippen molar-refractivity contribution in [3.05, 3.63) is 64.2 Å². The van der Waals surface area contributed by atoms with Crippen molar-refractivity contribution in [2.45, 2.75) is 25.7 Å². The van der Waals surface area contributed by atoms with Crippen LogP contribution >= 0.6 is 0 Å². The van der Waals surface area contributed by atoms with Gasteiger partial charge in [-0.2, -0.15) is 5.10 Å². The van der Waals surface area contributed by atoms with E-state index in [2.05, 4.69) is 17.1 Å². The molecule has 0 atom stereocenters. The predicted octanol–water partition coefficient (Wildman–Crippen LogP) is 3.43. The van der Waals surface area contributed by atoms with Crippen molar-refractivity contribution in [2.24, 2.45) is 7.05 Å². The topological polar surface area (TPSA) is 52.2 Å². The molecule has 25 heavy (non-hydrogen) atoms. The van der Waals surface area contributed by atoms with E-state index >= 15 is 0 Å². The van der Waals surface area contributed by atoms with Crippen molar-refractivity contribution >= 4 is 16.6 Å². The molecular formula is C20H18N4O. The Labute approximate surface area is 144 Å². The van der Waals surface area contributed by atoms with Crippen LogP contribution in [0.2, 0.25) is 0 Å². The maximum atomic E-state index is 12.6. The number of rotatable bonds is 2. The zero-order valence-electron chi connectivity index (χ0n) is 14.2. The second kappa shape index (κ2) is 5.02. The highest BCUT2D eigenvalue weighted by molar-refractivity contribution is 5.81. The Bertz CT molecular complexity index is 1200. The third-order valence-corrected chi connectivity index (χ3v) is 4.97. The van der Waals surface area contributed by atoms with Gasteiger partial charge in [-0.1, -0.05) is 12.1 Å². The highest BCUT2D eigenvalue weighted by Gasteiger charge is 2.26. The number of fused-ring (bicyclic) bond motifs is 3. The summed E-state index contributed by atoms with van der Waals surface area (Å²) in [6, 6.07) is 13.8. The smallest absolute Gasteiger partial charge is 0.261 e. The summed E-state index contributed by atoms with van der Waals surface area (Å²) < 4.78 is 3.52. The van der Waals surface area contributed by atoms with E-state index in [-0.39, 0.29) is 5.56 Å². The SMILES string of the molecule is Cc1cc(-c2cc3n(C)c(=O)c4ccccc4n3n2)cc(C2CC2)n1. The average molecular weight is 330 g/mol. The number of hydrogen-bond acceptors (Lipinski definition) is 3. The standard InChI is InChI=1S/C20H18N4O/c1-12-9-14(10-16(21-12)13-7-8-13)17-11-19-23(2)20(25)15-5-3-4-6-18(15)24(19)22-17/h3-6,9-11,13H,7-8H2,1-2H3. The molecule has 5 rings (SSSR count). The lowest BCUT2D eigenvalue weighted by Crippen LogP contribution is -2.19. The number of hydrogen-bond donors (Lipinski definition) is 0. The van der Waals surface area contributed by atoms with E-state index in [1.165, 1.54) is 12.8 Å². The third kappa shape index (κ3) is 2.19. The Morgan fingerprint density at radius 2 is 1.92 bits per heavy atom. The van der Waals surface area contributed by atoms with Crippen LogP contribution in [0.5, 0.6) is 0 Å². The van der Waals surface area contributed by atoms with Crippen molar-refractivity contribution in [3.63, 3.8) is 0 Å². The summed E-state index contributed by atoms with van der Waals surface area (Å²) in [5.74, 6) is 0.598. The highest BCUT2D eigenvalue weighted by atomic mass is 16.1. The van der Waals surface area contributed by atoms with Crippen molar-refractivity contribution in [1.29, 1.82) is 0 Å².